The average molecular weight is 617 g/mol. The number of fused-ring (bicyclic) bond motifs is 1. The van der Waals surface area contributed by atoms with Gasteiger partial charge in [0, 0.05) is 0 Å². The summed E-state index contributed by atoms with van der Waals surface area (Å²) in [4.78, 5) is 47.4. The van der Waals surface area contributed by atoms with Gasteiger partial charge in [0.2, 0.25) is 0 Å². The first-order chi connectivity index (χ1) is 18.3. The van der Waals surface area contributed by atoms with Crippen LogP contribution in [0.3, 0.4) is 0 Å². The fourth-order valence-electron chi connectivity index (χ4n) is 3.56. The highest BCUT2D eigenvalue weighted by atomic mass is 31.3. The van der Waals surface area contributed by atoms with Gasteiger partial charge in [-0.15, -0.1) is 0 Å². The van der Waals surface area contributed by atoms with Crippen molar-refractivity contribution < 1.29 is 61.0 Å². The molecule has 0 bridgehead atoms. The van der Waals surface area contributed by atoms with E-state index in [9.17, 15) is 38.6 Å². The number of phosphoric ester groups is 2. The molecule has 2 aromatic rings. The summed E-state index contributed by atoms with van der Waals surface area (Å²) < 4.78 is 58.7. The largest absolute Gasteiger partial charge is 0.756 e. The zero-order valence-electron chi connectivity index (χ0n) is 20.5. The molecule has 0 spiro atoms. The van der Waals surface area contributed by atoms with E-state index < -0.39 is 61.2 Å². The van der Waals surface area contributed by atoms with Gasteiger partial charge in [-0.2, -0.15) is 0 Å². The number of aliphatic hydroxyl groups is 2. The van der Waals surface area contributed by atoms with Gasteiger partial charge in [0.05, 0.1) is 19.5 Å². The topological polar surface area (TPSA) is 289 Å². The summed E-state index contributed by atoms with van der Waals surface area (Å²) in [6, 6.07) is 0. The monoisotopic (exact) mass is 617 g/mol. The highest BCUT2D eigenvalue weighted by Gasteiger charge is 2.45. The van der Waals surface area contributed by atoms with Gasteiger partial charge in [0.15, 0.2) is 17.7 Å². The summed E-state index contributed by atoms with van der Waals surface area (Å²) in [6.07, 6.45) is -1.36. The van der Waals surface area contributed by atoms with Crippen molar-refractivity contribution in [3.8, 4) is 0 Å². The standard InChI is InChI=1S/C17H31N6O13P3/c1-19-6-4-2-3-5-7-32-37(26,27)35-39(30,31)36-38(28,29)33-8-11-13(24)14(25)17(34-11)23-10-22-12-15(18)20-9-21-16(12)23/h9-11,13-14,17,19,24-25H,2-8H2,1H3,(H,26,27)(H,28,29)(H,30,31)(H2,18,20,21)/p-3/t11-,13?,14+,17-/m1/s1. The quantitative estimate of drug-likeness (QED) is 0.120. The van der Waals surface area contributed by atoms with Gasteiger partial charge in [0.1, 0.15) is 30.2 Å². The number of imidazole rings is 1. The van der Waals surface area contributed by atoms with Crippen molar-refractivity contribution in [1.29, 1.82) is 0 Å². The Hall–Kier alpha value is -1.40. The lowest BCUT2D eigenvalue weighted by Gasteiger charge is -2.34. The predicted octanol–water partition coefficient (Wildman–Crippen LogP) is -1.72. The van der Waals surface area contributed by atoms with Crippen molar-refractivity contribution in [1.82, 2.24) is 24.8 Å². The van der Waals surface area contributed by atoms with E-state index in [1.165, 1.54) is 10.9 Å². The van der Waals surface area contributed by atoms with Crippen LogP contribution >= 0.6 is 23.5 Å². The molecule has 1 aliphatic rings. The van der Waals surface area contributed by atoms with Crippen LogP contribution in [0.4, 0.5) is 5.82 Å². The number of aliphatic hydroxyl groups excluding tert-OH is 2. The molecule has 5 N–H and O–H groups in total. The number of nitrogens with one attached hydrogen (secondary N) is 1. The molecule has 0 aromatic carbocycles. The Morgan fingerprint density at radius 1 is 1.00 bits per heavy atom. The molecule has 1 fully saturated rings. The van der Waals surface area contributed by atoms with Gasteiger partial charge < -0.3 is 49.7 Å². The number of aromatic nitrogens is 4. The Morgan fingerprint density at radius 2 is 1.67 bits per heavy atom. The molecule has 39 heavy (non-hydrogen) atoms. The number of hydrogen-bond acceptors (Lipinski definition) is 18. The first kappa shape index (κ1) is 32.1. The maximum absolute atomic E-state index is 12.0. The van der Waals surface area contributed by atoms with Gasteiger partial charge in [-0.05, 0) is 26.4 Å². The van der Waals surface area contributed by atoms with Gasteiger partial charge >= 0.3 is 0 Å². The van der Waals surface area contributed by atoms with Crippen molar-refractivity contribution in [2.45, 2.75) is 50.2 Å². The van der Waals surface area contributed by atoms with Crippen LogP contribution in [0.1, 0.15) is 31.9 Å². The first-order valence-corrected chi connectivity index (χ1v) is 15.9. The molecule has 0 saturated carbocycles. The molecule has 19 nitrogen and oxygen atoms in total. The normalized spacial score (nSPS) is 26.3. The molecule has 3 heterocycles. The highest BCUT2D eigenvalue weighted by molar-refractivity contribution is 7.65. The predicted molar refractivity (Wildman–Crippen MR) is 125 cm³/mol. The van der Waals surface area contributed by atoms with Crippen LogP contribution in [-0.4, -0.2) is 74.9 Å². The highest BCUT2D eigenvalue weighted by Crippen LogP contribution is 2.63. The Labute approximate surface area is 222 Å². The zero-order valence-corrected chi connectivity index (χ0v) is 23.2. The van der Waals surface area contributed by atoms with Gasteiger partial charge in [-0.3, -0.25) is 18.3 Å². The van der Waals surface area contributed by atoms with E-state index in [0.717, 1.165) is 25.7 Å². The van der Waals surface area contributed by atoms with Crippen LogP contribution in [0.15, 0.2) is 12.7 Å². The second-order valence-electron chi connectivity index (χ2n) is 8.28. The van der Waals surface area contributed by atoms with E-state index >= 15 is 0 Å². The molecule has 3 rings (SSSR count). The van der Waals surface area contributed by atoms with E-state index in [1.54, 1.807) is 7.05 Å². The van der Waals surface area contributed by atoms with E-state index in [1.807, 2.05) is 0 Å². The zero-order chi connectivity index (χ0) is 28.8. The minimum Gasteiger partial charge on any atom is -0.756 e. The first-order valence-electron chi connectivity index (χ1n) is 11.5. The number of nitrogens with zero attached hydrogens (tertiary/aromatic N) is 4. The minimum atomic E-state index is -6.03. The van der Waals surface area contributed by atoms with Crippen LogP contribution in [0, 0.1) is 0 Å². The number of unbranched alkanes of at least 4 members (excludes halogenated alkanes) is 3. The summed E-state index contributed by atoms with van der Waals surface area (Å²) in [6.45, 7) is -0.646. The SMILES string of the molecule is CNCCCCCCOP(=O)([O-])OP(=O)([O-])OP(=O)([O-])OC[C@H]1O[C@@H](n2cnc3c(N)ncnc32)[C@@H](O)C1O. The van der Waals surface area contributed by atoms with Crippen LogP contribution in [0.2, 0.25) is 0 Å². The van der Waals surface area contributed by atoms with Crippen LogP contribution < -0.4 is 25.7 Å². The van der Waals surface area contributed by atoms with Crippen molar-refractivity contribution in [2.24, 2.45) is 0 Å². The molecule has 222 valence electrons. The third-order valence-electron chi connectivity index (χ3n) is 5.37. The number of hydrogen-bond donors (Lipinski definition) is 4. The van der Waals surface area contributed by atoms with E-state index in [0.29, 0.717) is 6.42 Å². The van der Waals surface area contributed by atoms with Crippen LogP contribution in [-0.2, 0) is 36.1 Å². The molecule has 1 aliphatic heterocycles. The Kier molecular flexibility index (Phi) is 11.1. The number of nitrogens with two attached hydrogens (primary N) is 1. The molecular formula is C17H28N6O13P3-3. The van der Waals surface area contributed by atoms with Crippen LogP contribution in [0.25, 0.3) is 11.2 Å². The third kappa shape index (κ3) is 9.05. The molecule has 1 saturated heterocycles. The number of anilines is 1. The Bertz CT molecular complexity index is 1250. The summed E-state index contributed by atoms with van der Waals surface area (Å²) in [5, 5.41) is 23.6. The molecule has 4 unspecified atom stereocenters. The maximum atomic E-state index is 12.0. The Morgan fingerprint density at radius 3 is 2.36 bits per heavy atom. The van der Waals surface area contributed by atoms with Crippen molar-refractivity contribution in [3.05, 3.63) is 12.7 Å². The second-order valence-corrected chi connectivity index (χ2v) is 12.8. The molecule has 0 amide bonds. The molecule has 2 aromatic heterocycles. The lowest BCUT2D eigenvalue weighted by molar-refractivity contribution is -0.251. The number of phosphoric acid groups is 3. The fraction of sp³-hybridized carbons (Fsp3) is 0.706. The lowest BCUT2D eigenvalue weighted by atomic mass is 10.1. The number of nitrogen functional groups attached to an aromatic ring is 1. The Balaban J connectivity index is 1.51. The third-order valence-corrected chi connectivity index (χ3v) is 9.53. The van der Waals surface area contributed by atoms with Crippen LogP contribution in [0.5, 0.6) is 0 Å². The van der Waals surface area contributed by atoms with E-state index in [-0.39, 0.29) is 23.4 Å². The van der Waals surface area contributed by atoms with Gasteiger partial charge in [-0.1, -0.05) is 12.8 Å². The maximum Gasteiger partial charge on any atom is 0.280 e. The van der Waals surface area contributed by atoms with Crippen molar-refractivity contribution >= 4 is 40.4 Å². The number of rotatable bonds is 16. The smallest absolute Gasteiger partial charge is 0.280 e. The fourth-order valence-corrected chi connectivity index (χ4v) is 6.96. The van der Waals surface area contributed by atoms with Gasteiger partial charge in [0.25, 0.3) is 23.5 Å². The van der Waals surface area contributed by atoms with Gasteiger partial charge in [-0.25, -0.2) is 23.6 Å². The van der Waals surface area contributed by atoms with E-state index in [2.05, 4.69) is 37.9 Å². The molecule has 7 atom stereocenters. The van der Waals surface area contributed by atoms with Crippen molar-refractivity contribution in [3.63, 3.8) is 0 Å². The molecule has 0 radical (unpaired) electrons. The summed E-state index contributed by atoms with van der Waals surface area (Å²) in [5.74, 6) is 0.0357. The molecule has 0 aliphatic carbocycles. The summed E-state index contributed by atoms with van der Waals surface area (Å²) in [7, 11) is -15.5. The minimum absolute atomic E-state index is 0.0357. The van der Waals surface area contributed by atoms with Crippen molar-refractivity contribution in [2.75, 3.05) is 32.5 Å². The molecular weight excluding hydrogens is 589 g/mol. The average Bonchev–Trinajstić information content (AvgIpc) is 3.37. The second kappa shape index (κ2) is 13.5. The number of ether oxygens (including phenoxy) is 1. The summed E-state index contributed by atoms with van der Waals surface area (Å²) in [5.41, 5.74) is 6.02. The van der Waals surface area contributed by atoms with E-state index in [4.69, 9.17) is 10.5 Å². The summed E-state index contributed by atoms with van der Waals surface area (Å²) >= 11 is 0. The molecule has 22 heteroatoms. The lowest BCUT2D eigenvalue weighted by Crippen LogP contribution is -2.34.